The summed E-state index contributed by atoms with van der Waals surface area (Å²) in [6.07, 6.45) is 5.48. The highest BCUT2D eigenvalue weighted by Crippen LogP contribution is 2.35. The van der Waals surface area contributed by atoms with Crippen LogP contribution in [0.25, 0.3) is 11.0 Å². The highest BCUT2D eigenvalue weighted by molar-refractivity contribution is 6.05. The van der Waals surface area contributed by atoms with Gasteiger partial charge in [-0.15, -0.1) is 0 Å². The van der Waals surface area contributed by atoms with Crippen molar-refractivity contribution in [2.24, 2.45) is 18.9 Å². The largest absolute Gasteiger partial charge is 0.462 e. The fraction of sp³-hybridized carbons (Fsp3) is 0.652. The normalized spacial score (nSPS) is 20.3. The Balaban J connectivity index is 1.58. The Bertz CT molecular complexity index is 977. The third-order valence-corrected chi connectivity index (χ3v) is 6.62. The number of fused-ring (bicyclic) bond motifs is 1. The number of likely N-dealkylation sites (tertiary alicyclic amines) is 1. The lowest BCUT2D eigenvalue weighted by Crippen LogP contribution is -2.46. The third kappa shape index (κ3) is 4.12. The van der Waals surface area contributed by atoms with Crippen molar-refractivity contribution in [3.8, 4) is 0 Å². The first-order valence-corrected chi connectivity index (χ1v) is 11.4. The number of anilines is 1. The van der Waals surface area contributed by atoms with Crippen molar-refractivity contribution < 1.29 is 14.3 Å². The Morgan fingerprint density at radius 1 is 1.19 bits per heavy atom. The molecule has 1 amide bonds. The van der Waals surface area contributed by atoms with Gasteiger partial charge in [-0.3, -0.25) is 9.48 Å². The van der Waals surface area contributed by atoms with Gasteiger partial charge in [0.1, 0.15) is 5.56 Å². The zero-order valence-corrected chi connectivity index (χ0v) is 19.1. The molecule has 1 atom stereocenters. The number of pyridine rings is 1. The molecule has 0 aliphatic carbocycles. The second-order valence-electron chi connectivity index (χ2n) is 8.94. The smallest absolute Gasteiger partial charge is 0.341 e. The Morgan fingerprint density at radius 2 is 1.94 bits per heavy atom. The first-order chi connectivity index (χ1) is 14.9. The number of hydrogen-bond donors (Lipinski definition) is 0. The number of carbonyl (C=O) groups is 2. The van der Waals surface area contributed by atoms with Gasteiger partial charge in [0.25, 0.3) is 0 Å². The first-order valence-electron chi connectivity index (χ1n) is 11.4. The molecule has 1 unspecified atom stereocenters. The second kappa shape index (κ2) is 8.85. The van der Waals surface area contributed by atoms with Gasteiger partial charge in [-0.2, -0.15) is 5.10 Å². The van der Waals surface area contributed by atoms with E-state index in [1.54, 1.807) is 17.8 Å². The lowest BCUT2D eigenvalue weighted by molar-refractivity contribution is -0.137. The van der Waals surface area contributed by atoms with Crippen molar-refractivity contribution >= 4 is 28.6 Å². The maximum absolute atomic E-state index is 13.1. The number of amides is 1. The molecule has 168 valence electrons. The molecular weight excluding hydrogens is 394 g/mol. The fourth-order valence-electron chi connectivity index (χ4n) is 5.08. The van der Waals surface area contributed by atoms with E-state index < -0.39 is 0 Å². The van der Waals surface area contributed by atoms with E-state index in [4.69, 9.17) is 4.74 Å². The third-order valence-electron chi connectivity index (χ3n) is 6.62. The SMILES string of the molecule is CCOC(=O)c1cnc2c(c(C)nn2C)c1N1CCC(C(=O)N2CCCC(C)C2)CC1. The van der Waals surface area contributed by atoms with E-state index in [9.17, 15) is 9.59 Å². The van der Waals surface area contributed by atoms with Crippen molar-refractivity contribution in [1.82, 2.24) is 19.7 Å². The number of piperidine rings is 2. The van der Waals surface area contributed by atoms with Crippen LogP contribution in [0.1, 0.15) is 55.6 Å². The molecule has 2 saturated heterocycles. The molecule has 8 heteroatoms. The summed E-state index contributed by atoms with van der Waals surface area (Å²) in [4.78, 5) is 34.5. The van der Waals surface area contributed by atoms with Crippen molar-refractivity contribution in [1.29, 1.82) is 0 Å². The predicted molar refractivity (Wildman–Crippen MR) is 119 cm³/mol. The summed E-state index contributed by atoms with van der Waals surface area (Å²) in [5.41, 5.74) is 2.90. The lowest BCUT2D eigenvalue weighted by Gasteiger charge is -2.38. The van der Waals surface area contributed by atoms with Gasteiger partial charge in [-0.1, -0.05) is 6.92 Å². The molecule has 31 heavy (non-hydrogen) atoms. The molecule has 8 nitrogen and oxygen atoms in total. The van der Waals surface area contributed by atoms with Gasteiger partial charge in [0.2, 0.25) is 5.91 Å². The van der Waals surface area contributed by atoms with Crippen molar-refractivity contribution in [3.63, 3.8) is 0 Å². The molecule has 0 aromatic carbocycles. The summed E-state index contributed by atoms with van der Waals surface area (Å²) in [6.45, 7) is 9.49. The maximum atomic E-state index is 13.1. The van der Waals surface area contributed by atoms with Crippen LogP contribution in [0.2, 0.25) is 0 Å². The Morgan fingerprint density at radius 3 is 2.61 bits per heavy atom. The molecule has 0 bridgehead atoms. The van der Waals surface area contributed by atoms with E-state index >= 15 is 0 Å². The summed E-state index contributed by atoms with van der Waals surface area (Å²) in [5, 5.41) is 5.41. The van der Waals surface area contributed by atoms with Crippen LogP contribution in [0, 0.1) is 18.8 Å². The number of aryl methyl sites for hydroxylation is 2. The molecule has 2 fully saturated rings. The molecule has 0 N–H and O–H groups in total. The van der Waals surface area contributed by atoms with Crippen molar-refractivity contribution in [2.45, 2.75) is 46.5 Å². The van der Waals surface area contributed by atoms with Gasteiger partial charge in [0, 0.05) is 45.3 Å². The Labute approximate surface area is 183 Å². The summed E-state index contributed by atoms with van der Waals surface area (Å²) >= 11 is 0. The predicted octanol–water partition coefficient (Wildman–Crippen LogP) is 2.93. The van der Waals surface area contributed by atoms with E-state index in [-0.39, 0.29) is 11.9 Å². The van der Waals surface area contributed by atoms with Gasteiger partial charge in [-0.05, 0) is 45.4 Å². The zero-order valence-electron chi connectivity index (χ0n) is 19.1. The number of nitrogens with zero attached hydrogens (tertiary/aromatic N) is 5. The van der Waals surface area contributed by atoms with Crippen LogP contribution >= 0.6 is 0 Å². The van der Waals surface area contributed by atoms with Crippen LogP contribution in [-0.4, -0.2) is 64.3 Å². The van der Waals surface area contributed by atoms with Crippen LogP contribution < -0.4 is 4.90 Å². The van der Waals surface area contributed by atoms with Gasteiger partial charge in [0.15, 0.2) is 5.65 Å². The van der Waals surface area contributed by atoms with E-state index in [0.717, 1.165) is 67.9 Å². The lowest BCUT2D eigenvalue weighted by atomic mass is 9.92. The molecule has 0 radical (unpaired) electrons. The van der Waals surface area contributed by atoms with E-state index in [1.807, 2.05) is 14.0 Å². The Hall–Kier alpha value is -2.64. The van der Waals surface area contributed by atoms with Gasteiger partial charge < -0.3 is 14.5 Å². The second-order valence-corrected chi connectivity index (χ2v) is 8.94. The summed E-state index contributed by atoms with van der Waals surface area (Å²) in [6, 6.07) is 0. The quantitative estimate of drug-likeness (QED) is 0.698. The number of esters is 1. The molecule has 2 aromatic heterocycles. The molecule has 4 rings (SSSR count). The van der Waals surface area contributed by atoms with Crippen LogP contribution in [0.3, 0.4) is 0 Å². The standard InChI is InChI=1S/C23H33N5O3/c1-5-31-23(30)18-13-24-21-19(16(3)25-26(21)4)20(18)27-11-8-17(9-12-27)22(29)28-10-6-7-15(2)14-28/h13,15,17H,5-12,14H2,1-4H3. The van der Waals surface area contributed by atoms with Crippen LogP contribution in [0.15, 0.2) is 6.20 Å². The summed E-state index contributed by atoms with van der Waals surface area (Å²) in [7, 11) is 1.86. The average Bonchev–Trinajstić information content (AvgIpc) is 3.06. The van der Waals surface area contributed by atoms with Crippen LogP contribution in [0.5, 0.6) is 0 Å². The van der Waals surface area contributed by atoms with Gasteiger partial charge in [0.05, 0.1) is 23.4 Å². The number of rotatable bonds is 4. The molecule has 0 spiro atoms. The number of aromatic nitrogens is 3. The minimum Gasteiger partial charge on any atom is -0.462 e. The number of carbonyl (C=O) groups excluding carboxylic acids is 2. The molecule has 4 heterocycles. The van der Waals surface area contributed by atoms with Gasteiger partial charge in [-0.25, -0.2) is 9.78 Å². The molecular formula is C23H33N5O3. The molecule has 2 aliphatic rings. The van der Waals surface area contributed by atoms with E-state index in [0.29, 0.717) is 24.0 Å². The molecule has 0 saturated carbocycles. The van der Waals surface area contributed by atoms with Crippen LogP contribution in [0.4, 0.5) is 5.69 Å². The topological polar surface area (TPSA) is 80.6 Å². The minimum atomic E-state index is -0.365. The minimum absolute atomic E-state index is 0.0555. The highest BCUT2D eigenvalue weighted by Gasteiger charge is 2.33. The number of hydrogen-bond acceptors (Lipinski definition) is 6. The fourth-order valence-corrected chi connectivity index (χ4v) is 5.08. The summed E-state index contributed by atoms with van der Waals surface area (Å²) in [5.74, 6) is 0.577. The highest BCUT2D eigenvalue weighted by atomic mass is 16.5. The Kier molecular flexibility index (Phi) is 6.16. The molecule has 2 aliphatic heterocycles. The maximum Gasteiger partial charge on any atom is 0.341 e. The first kappa shape index (κ1) is 21.6. The summed E-state index contributed by atoms with van der Waals surface area (Å²) < 4.78 is 7.06. The zero-order chi connectivity index (χ0) is 22.1. The van der Waals surface area contributed by atoms with Crippen molar-refractivity contribution in [3.05, 3.63) is 17.5 Å². The number of ether oxygens (including phenoxy) is 1. The van der Waals surface area contributed by atoms with Crippen molar-refractivity contribution in [2.75, 3.05) is 37.7 Å². The monoisotopic (exact) mass is 427 g/mol. The van der Waals surface area contributed by atoms with E-state index in [1.165, 1.54) is 6.42 Å². The van der Waals surface area contributed by atoms with Crippen LogP contribution in [-0.2, 0) is 16.6 Å². The molecule has 2 aromatic rings. The average molecular weight is 428 g/mol. The van der Waals surface area contributed by atoms with E-state index in [2.05, 4.69) is 26.8 Å². The van der Waals surface area contributed by atoms with Gasteiger partial charge >= 0.3 is 5.97 Å².